The van der Waals surface area contributed by atoms with E-state index < -0.39 is 6.09 Å². The highest BCUT2D eigenvalue weighted by molar-refractivity contribution is 5.86. The molecule has 0 aromatic heterocycles. The number of amides is 1. The van der Waals surface area contributed by atoms with E-state index in [9.17, 15) is 4.79 Å². The van der Waals surface area contributed by atoms with Gasteiger partial charge in [0, 0.05) is 43.2 Å². The number of nitrogens with one attached hydrogen (secondary N) is 1. The van der Waals surface area contributed by atoms with Crippen molar-refractivity contribution in [2.24, 2.45) is 0 Å². The Bertz CT molecular complexity index is 932. The quantitative estimate of drug-likeness (QED) is 0.689. The van der Waals surface area contributed by atoms with Gasteiger partial charge < -0.3 is 14.5 Å². The van der Waals surface area contributed by atoms with Gasteiger partial charge in [0.25, 0.3) is 0 Å². The van der Waals surface area contributed by atoms with Crippen LogP contribution in [0.2, 0.25) is 0 Å². The van der Waals surface area contributed by atoms with Crippen molar-refractivity contribution in [3.05, 3.63) is 84.4 Å². The summed E-state index contributed by atoms with van der Waals surface area (Å²) in [6, 6.07) is 25.7. The normalized spacial score (nSPS) is 13.8. The Balaban J connectivity index is 1.30. The lowest BCUT2D eigenvalue weighted by molar-refractivity contribution is 0.215. The molecule has 0 spiro atoms. The van der Waals surface area contributed by atoms with Gasteiger partial charge in [-0.25, -0.2) is 4.79 Å². The molecule has 0 aliphatic carbocycles. The summed E-state index contributed by atoms with van der Waals surface area (Å²) in [5.74, 6) is 0.521. The number of rotatable bonds is 4. The SMILES string of the molecule is Cc1ccc(N2CCN(c3ccc(NC(=O)Oc4ccccc4)cc3)CC2)cc1. The first-order valence-corrected chi connectivity index (χ1v) is 9.88. The first-order chi connectivity index (χ1) is 14.2. The second-order valence-electron chi connectivity index (χ2n) is 7.18. The third-order valence-corrected chi connectivity index (χ3v) is 5.11. The van der Waals surface area contributed by atoms with Crippen molar-refractivity contribution in [2.75, 3.05) is 41.3 Å². The van der Waals surface area contributed by atoms with Gasteiger partial charge in [0.1, 0.15) is 5.75 Å². The zero-order valence-electron chi connectivity index (χ0n) is 16.5. The van der Waals surface area contributed by atoms with Crippen LogP contribution in [0.1, 0.15) is 5.56 Å². The summed E-state index contributed by atoms with van der Waals surface area (Å²) >= 11 is 0. The second kappa shape index (κ2) is 8.69. The summed E-state index contributed by atoms with van der Waals surface area (Å²) in [5.41, 5.74) is 4.45. The number of aryl methyl sites for hydroxylation is 1. The molecule has 0 unspecified atom stereocenters. The van der Waals surface area contributed by atoms with Crippen LogP contribution < -0.4 is 19.9 Å². The molecule has 1 N–H and O–H groups in total. The predicted molar refractivity (Wildman–Crippen MR) is 118 cm³/mol. The van der Waals surface area contributed by atoms with Crippen LogP contribution in [0, 0.1) is 6.92 Å². The number of carbonyl (C=O) groups excluding carboxylic acids is 1. The fraction of sp³-hybridized carbons (Fsp3) is 0.208. The molecule has 0 radical (unpaired) electrons. The largest absolute Gasteiger partial charge is 0.417 e. The highest BCUT2D eigenvalue weighted by Crippen LogP contribution is 2.22. The van der Waals surface area contributed by atoms with Gasteiger partial charge in [-0.05, 0) is 55.5 Å². The minimum atomic E-state index is -0.490. The number of carbonyl (C=O) groups is 1. The Morgan fingerprint density at radius 2 is 1.28 bits per heavy atom. The van der Waals surface area contributed by atoms with Crippen molar-refractivity contribution in [3.8, 4) is 5.75 Å². The summed E-state index contributed by atoms with van der Waals surface area (Å²) in [4.78, 5) is 16.8. The lowest BCUT2D eigenvalue weighted by Crippen LogP contribution is -2.46. The molecular weight excluding hydrogens is 362 g/mol. The Morgan fingerprint density at radius 1 is 0.759 bits per heavy atom. The fourth-order valence-corrected chi connectivity index (χ4v) is 3.47. The summed E-state index contributed by atoms with van der Waals surface area (Å²) in [6.07, 6.45) is -0.490. The molecule has 148 valence electrons. The van der Waals surface area contributed by atoms with Crippen molar-refractivity contribution >= 4 is 23.2 Å². The molecule has 5 heteroatoms. The molecule has 1 fully saturated rings. The number of ether oxygens (including phenoxy) is 1. The van der Waals surface area contributed by atoms with Gasteiger partial charge in [-0.15, -0.1) is 0 Å². The molecule has 3 aromatic rings. The van der Waals surface area contributed by atoms with E-state index in [2.05, 4.69) is 46.3 Å². The number of hydrogen-bond donors (Lipinski definition) is 1. The van der Waals surface area contributed by atoms with Crippen LogP contribution in [-0.4, -0.2) is 32.3 Å². The third-order valence-electron chi connectivity index (χ3n) is 5.11. The Morgan fingerprint density at radius 3 is 1.83 bits per heavy atom. The van der Waals surface area contributed by atoms with Crippen LogP contribution in [0.15, 0.2) is 78.9 Å². The first-order valence-electron chi connectivity index (χ1n) is 9.88. The van der Waals surface area contributed by atoms with Gasteiger partial charge in [0.15, 0.2) is 0 Å². The zero-order valence-corrected chi connectivity index (χ0v) is 16.5. The zero-order chi connectivity index (χ0) is 20.1. The van der Waals surface area contributed by atoms with Crippen LogP contribution in [0.5, 0.6) is 5.75 Å². The average molecular weight is 387 g/mol. The maximum Gasteiger partial charge on any atom is 0.417 e. The van der Waals surface area contributed by atoms with Crippen LogP contribution >= 0.6 is 0 Å². The number of para-hydroxylation sites is 1. The highest BCUT2D eigenvalue weighted by atomic mass is 16.6. The highest BCUT2D eigenvalue weighted by Gasteiger charge is 2.17. The van der Waals surface area contributed by atoms with Crippen molar-refractivity contribution in [1.29, 1.82) is 0 Å². The standard InChI is InChI=1S/C24H25N3O2/c1-19-7-11-21(12-8-19)26-15-17-27(18-16-26)22-13-9-20(10-14-22)25-24(28)29-23-5-3-2-4-6-23/h2-14H,15-18H2,1H3,(H,25,28). The van der Waals surface area contributed by atoms with E-state index in [0.717, 1.165) is 31.9 Å². The summed E-state index contributed by atoms with van der Waals surface area (Å²) < 4.78 is 5.26. The van der Waals surface area contributed by atoms with E-state index in [0.29, 0.717) is 11.4 Å². The molecule has 1 heterocycles. The third kappa shape index (κ3) is 4.88. The number of nitrogens with zero attached hydrogens (tertiary/aromatic N) is 2. The van der Waals surface area contributed by atoms with E-state index in [1.807, 2.05) is 42.5 Å². The average Bonchev–Trinajstić information content (AvgIpc) is 2.76. The molecule has 0 atom stereocenters. The molecule has 1 aliphatic rings. The van der Waals surface area contributed by atoms with Crippen molar-refractivity contribution < 1.29 is 9.53 Å². The fourth-order valence-electron chi connectivity index (χ4n) is 3.47. The minimum absolute atomic E-state index is 0.490. The molecule has 1 amide bonds. The minimum Gasteiger partial charge on any atom is -0.410 e. The van der Waals surface area contributed by atoms with E-state index >= 15 is 0 Å². The molecule has 4 rings (SSSR count). The topological polar surface area (TPSA) is 44.8 Å². The summed E-state index contributed by atoms with van der Waals surface area (Å²) in [5, 5.41) is 2.77. The van der Waals surface area contributed by atoms with Crippen LogP contribution in [0.3, 0.4) is 0 Å². The Labute approximate surface area is 171 Å². The Hall–Kier alpha value is -3.47. The van der Waals surface area contributed by atoms with Crippen LogP contribution in [0.25, 0.3) is 0 Å². The van der Waals surface area contributed by atoms with Crippen LogP contribution in [-0.2, 0) is 0 Å². The van der Waals surface area contributed by atoms with E-state index in [1.54, 1.807) is 12.1 Å². The number of piperazine rings is 1. The van der Waals surface area contributed by atoms with Gasteiger partial charge in [-0.2, -0.15) is 0 Å². The van der Waals surface area contributed by atoms with Crippen LogP contribution in [0.4, 0.5) is 21.9 Å². The first kappa shape index (κ1) is 18.9. The maximum atomic E-state index is 12.0. The molecule has 29 heavy (non-hydrogen) atoms. The molecule has 0 bridgehead atoms. The lowest BCUT2D eigenvalue weighted by Gasteiger charge is -2.37. The second-order valence-corrected chi connectivity index (χ2v) is 7.18. The number of anilines is 3. The summed E-state index contributed by atoms with van der Waals surface area (Å²) in [6.45, 7) is 6.04. The van der Waals surface area contributed by atoms with Gasteiger partial charge in [0.05, 0.1) is 0 Å². The monoisotopic (exact) mass is 387 g/mol. The molecular formula is C24H25N3O2. The summed E-state index contributed by atoms with van der Waals surface area (Å²) in [7, 11) is 0. The number of benzene rings is 3. The molecule has 5 nitrogen and oxygen atoms in total. The van der Waals surface area contributed by atoms with E-state index in [1.165, 1.54) is 11.3 Å². The number of hydrogen-bond acceptors (Lipinski definition) is 4. The lowest BCUT2D eigenvalue weighted by atomic mass is 10.2. The Kier molecular flexibility index (Phi) is 5.66. The van der Waals surface area contributed by atoms with Crippen molar-refractivity contribution in [3.63, 3.8) is 0 Å². The maximum absolute atomic E-state index is 12.0. The molecule has 1 aliphatic heterocycles. The van der Waals surface area contributed by atoms with Gasteiger partial charge in [0.2, 0.25) is 0 Å². The molecule has 1 saturated heterocycles. The smallest absolute Gasteiger partial charge is 0.410 e. The molecule has 3 aromatic carbocycles. The van der Waals surface area contributed by atoms with E-state index in [-0.39, 0.29) is 0 Å². The molecule has 0 saturated carbocycles. The van der Waals surface area contributed by atoms with Crippen molar-refractivity contribution in [2.45, 2.75) is 6.92 Å². The van der Waals surface area contributed by atoms with Gasteiger partial charge in [-0.3, -0.25) is 5.32 Å². The van der Waals surface area contributed by atoms with Gasteiger partial charge >= 0.3 is 6.09 Å². The predicted octanol–water partition coefficient (Wildman–Crippen LogP) is 4.93. The van der Waals surface area contributed by atoms with E-state index in [4.69, 9.17) is 4.74 Å². The van der Waals surface area contributed by atoms with Crippen molar-refractivity contribution in [1.82, 2.24) is 0 Å². The van der Waals surface area contributed by atoms with Gasteiger partial charge in [-0.1, -0.05) is 35.9 Å².